The number of carboxylic acids is 1. The lowest BCUT2D eigenvalue weighted by Gasteiger charge is -2.08. The number of carbonyl (C=O) groups is 2. The maximum atomic E-state index is 11.4. The number of benzene rings is 1. The molecule has 4 N–H and O–H groups in total. The van der Waals surface area contributed by atoms with Gasteiger partial charge in [0.05, 0.1) is 0 Å². The van der Waals surface area contributed by atoms with E-state index in [1.54, 1.807) is 11.8 Å². The number of amides is 1. The SMILES string of the molecule is N[C@H](CCSCCNC(=O)OCc1ccccc1)C(=O)O. The highest BCUT2D eigenvalue weighted by Crippen LogP contribution is 2.04. The molecule has 0 unspecified atom stereocenters. The highest BCUT2D eigenvalue weighted by Gasteiger charge is 2.10. The van der Waals surface area contributed by atoms with Crippen molar-refractivity contribution in [1.82, 2.24) is 5.32 Å². The van der Waals surface area contributed by atoms with Gasteiger partial charge in [-0.25, -0.2) is 4.79 Å². The van der Waals surface area contributed by atoms with E-state index >= 15 is 0 Å². The van der Waals surface area contributed by atoms with Gasteiger partial charge in [-0.15, -0.1) is 0 Å². The predicted molar refractivity (Wildman–Crippen MR) is 82.2 cm³/mol. The molecule has 1 aromatic carbocycles. The molecule has 1 atom stereocenters. The first-order chi connectivity index (χ1) is 10.1. The number of hydrogen-bond donors (Lipinski definition) is 3. The van der Waals surface area contributed by atoms with Crippen LogP contribution in [0.5, 0.6) is 0 Å². The van der Waals surface area contributed by atoms with Crippen LogP contribution >= 0.6 is 11.8 Å². The first-order valence-corrected chi connectivity index (χ1v) is 7.75. The Bertz CT molecular complexity index is 442. The Morgan fingerprint density at radius 3 is 2.67 bits per heavy atom. The van der Waals surface area contributed by atoms with E-state index in [4.69, 9.17) is 15.6 Å². The lowest BCUT2D eigenvalue weighted by Crippen LogP contribution is -2.30. The number of thioether (sulfide) groups is 1. The minimum atomic E-state index is -0.988. The van der Waals surface area contributed by atoms with Gasteiger partial charge in [0.2, 0.25) is 0 Å². The van der Waals surface area contributed by atoms with Gasteiger partial charge in [-0.1, -0.05) is 30.3 Å². The van der Waals surface area contributed by atoms with Gasteiger partial charge in [-0.3, -0.25) is 4.79 Å². The van der Waals surface area contributed by atoms with Gasteiger partial charge in [-0.05, 0) is 17.7 Å². The lowest BCUT2D eigenvalue weighted by atomic mass is 10.2. The molecule has 0 aliphatic heterocycles. The summed E-state index contributed by atoms with van der Waals surface area (Å²) >= 11 is 1.54. The molecular formula is C14H20N2O4S. The smallest absolute Gasteiger partial charge is 0.407 e. The van der Waals surface area contributed by atoms with Crippen LogP contribution < -0.4 is 11.1 Å². The Morgan fingerprint density at radius 1 is 1.29 bits per heavy atom. The van der Waals surface area contributed by atoms with E-state index in [0.29, 0.717) is 24.5 Å². The molecule has 1 rings (SSSR count). The molecule has 1 aromatic rings. The number of hydrogen-bond acceptors (Lipinski definition) is 5. The van der Waals surface area contributed by atoms with Gasteiger partial charge < -0.3 is 20.9 Å². The number of aliphatic carboxylic acids is 1. The Kier molecular flexibility index (Phi) is 8.30. The highest BCUT2D eigenvalue weighted by molar-refractivity contribution is 7.99. The number of rotatable bonds is 9. The first-order valence-electron chi connectivity index (χ1n) is 6.60. The van der Waals surface area contributed by atoms with E-state index < -0.39 is 18.1 Å². The maximum Gasteiger partial charge on any atom is 0.407 e. The molecule has 21 heavy (non-hydrogen) atoms. The number of nitrogens with two attached hydrogens (primary N) is 1. The van der Waals surface area contributed by atoms with Crippen molar-refractivity contribution in [3.05, 3.63) is 35.9 Å². The summed E-state index contributed by atoms with van der Waals surface area (Å²) in [6.45, 7) is 0.716. The van der Waals surface area contributed by atoms with E-state index in [1.807, 2.05) is 30.3 Å². The average Bonchev–Trinajstić information content (AvgIpc) is 2.49. The summed E-state index contributed by atoms with van der Waals surface area (Å²) in [5.74, 6) is 0.347. The summed E-state index contributed by atoms with van der Waals surface area (Å²) in [4.78, 5) is 21.9. The fraction of sp³-hybridized carbons (Fsp3) is 0.429. The molecule has 0 fully saturated rings. The summed E-state index contributed by atoms with van der Waals surface area (Å²) in [7, 11) is 0. The average molecular weight is 312 g/mol. The van der Waals surface area contributed by atoms with Crippen LogP contribution in [0.4, 0.5) is 4.79 Å². The molecule has 0 spiro atoms. The quantitative estimate of drug-likeness (QED) is 0.597. The van der Waals surface area contributed by atoms with Crippen LogP contribution in [0.15, 0.2) is 30.3 Å². The van der Waals surface area contributed by atoms with Crippen LogP contribution in [-0.4, -0.2) is 41.3 Å². The zero-order chi connectivity index (χ0) is 15.5. The zero-order valence-electron chi connectivity index (χ0n) is 11.7. The maximum absolute atomic E-state index is 11.4. The Morgan fingerprint density at radius 2 is 2.00 bits per heavy atom. The molecule has 0 aromatic heterocycles. The van der Waals surface area contributed by atoms with E-state index in [9.17, 15) is 9.59 Å². The second-order valence-corrected chi connectivity index (χ2v) is 5.56. The highest BCUT2D eigenvalue weighted by atomic mass is 32.2. The van der Waals surface area contributed by atoms with Crippen molar-refractivity contribution in [3.8, 4) is 0 Å². The second-order valence-electron chi connectivity index (χ2n) is 4.33. The van der Waals surface area contributed by atoms with E-state index in [1.165, 1.54) is 0 Å². The van der Waals surface area contributed by atoms with Crippen molar-refractivity contribution in [1.29, 1.82) is 0 Å². The largest absolute Gasteiger partial charge is 0.480 e. The van der Waals surface area contributed by atoms with Crippen LogP contribution in [-0.2, 0) is 16.1 Å². The molecule has 0 saturated heterocycles. The van der Waals surface area contributed by atoms with Crippen molar-refractivity contribution in [2.24, 2.45) is 5.73 Å². The molecule has 1 amide bonds. The van der Waals surface area contributed by atoms with Crippen molar-refractivity contribution >= 4 is 23.8 Å². The third-order valence-corrected chi connectivity index (χ3v) is 3.64. The van der Waals surface area contributed by atoms with E-state index in [0.717, 1.165) is 5.56 Å². The van der Waals surface area contributed by atoms with Gasteiger partial charge in [0.15, 0.2) is 0 Å². The van der Waals surface area contributed by atoms with Crippen molar-refractivity contribution in [2.75, 3.05) is 18.1 Å². The molecule has 0 radical (unpaired) electrons. The summed E-state index contributed by atoms with van der Waals surface area (Å²) in [6, 6.07) is 8.62. The van der Waals surface area contributed by atoms with Crippen molar-refractivity contribution in [2.45, 2.75) is 19.1 Å². The summed E-state index contributed by atoms with van der Waals surface area (Å²) in [5, 5.41) is 11.2. The van der Waals surface area contributed by atoms with Crippen LogP contribution in [0.2, 0.25) is 0 Å². The normalized spacial score (nSPS) is 11.7. The number of carbonyl (C=O) groups excluding carboxylic acids is 1. The topological polar surface area (TPSA) is 102 Å². The molecule has 6 nitrogen and oxygen atoms in total. The predicted octanol–water partition coefficient (Wildman–Crippen LogP) is 1.45. The number of ether oxygens (including phenoxy) is 1. The third kappa shape index (κ3) is 8.21. The Hall–Kier alpha value is -1.73. The summed E-state index contributed by atoms with van der Waals surface area (Å²) in [6.07, 6.45) is -0.0416. The number of carboxylic acid groups (broad SMARTS) is 1. The molecule has 0 saturated carbocycles. The molecule has 0 aliphatic rings. The van der Waals surface area contributed by atoms with Crippen LogP contribution in [0.3, 0.4) is 0 Å². The molecule has 0 aliphatic carbocycles. The van der Waals surface area contributed by atoms with Gasteiger partial charge in [0.25, 0.3) is 0 Å². The zero-order valence-corrected chi connectivity index (χ0v) is 12.5. The molecular weight excluding hydrogens is 292 g/mol. The molecule has 7 heteroatoms. The molecule has 116 valence electrons. The van der Waals surface area contributed by atoms with E-state index in [2.05, 4.69) is 5.32 Å². The first kappa shape index (κ1) is 17.3. The van der Waals surface area contributed by atoms with Crippen LogP contribution in [0.1, 0.15) is 12.0 Å². The van der Waals surface area contributed by atoms with Gasteiger partial charge in [-0.2, -0.15) is 11.8 Å². The lowest BCUT2D eigenvalue weighted by molar-refractivity contribution is -0.138. The second kappa shape index (κ2) is 10.1. The van der Waals surface area contributed by atoms with Gasteiger partial charge in [0, 0.05) is 12.3 Å². The third-order valence-electron chi connectivity index (χ3n) is 2.62. The number of nitrogens with one attached hydrogen (secondary N) is 1. The number of alkyl carbamates (subject to hydrolysis) is 1. The molecule has 0 heterocycles. The van der Waals surface area contributed by atoms with Gasteiger partial charge >= 0.3 is 12.1 Å². The van der Waals surface area contributed by atoms with Crippen molar-refractivity contribution < 1.29 is 19.4 Å². The Balaban J connectivity index is 2.00. The Labute approximate surface area is 128 Å². The molecule has 0 bridgehead atoms. The van der Waals surface area contributed by atoms with E-state index in [-0.39, 0.29) is 6.61 Å². The minimum absolute atomic E-state index is 0.243. The summed E-state index contributed by atoms with van der Waals surface area (Å²) in [5.41, 5.74) is 6.31. The minimum Gasteiger partial charge on any atom is -0.480 e. The van der Waals surface area contributed by atoms with Crippen LogP contribution in [0, 0.1) is 0 Å². The van der Waals surface area contributed by atoms with Gasteiger partial charge in [0.1, 0.15) is 12.6 Å². The standard InChI is InChI=1S/C14H20N2O4S/c15-12(13(17)18)6-8-21-9-7-16-14(19)20-10-11-4-2-1-3-5-11/h1-5,12H,6-10,15H2,(H,16,19)(H,17,18)/t12-/m1/s1. The van der Waals surface area contributed by atoms with Crippen LogP contribution in [0.25, 0.3) is 0 Å². The fourth-order valence-electron chi connectivity index (χ4n) is 1.44. The monoisotopic (exact) mass is 312 g/mol. The fourth-order valence-corrected chi connectivity index (χ4v) is 2.31. The van der Waals surface area contributed by atoms with Crippen molar-refractivity contribution in [3.63, 3.8) is 0 Å². The summed E-state index contributed by atoms with van der Waals surface area (Å²) < 4.78 is 5.05.